The fourth-order valence-electron chi connectivity index (χ4n) is 3.87. The summed E-state index contributed by atoms with van der Waals surface area (Å²) in [6, 6.07) is 23.8. The summed E-state index contributed by atoms with van der Waals surface area (Å²) in [5.41, 5.74) is 7.49. The molecule has 0 saturated heterocycles. The van der Waals surface area contributed by atoms with Crippen molar-refractivity contribution in [2.24, 2.45) is 0 Å². The van der Waals surface area contributed by atoms with E-state index >= 15 is 0 Å². The predicted octanol–water partition coefficient (Wildman–Crippen LogP) is 5.96. The molecule has 4 aromatic rings. The minimum Gasteiger partial charge on any atom is -0.462 e. The molecule has 0 amide bonds. The molecule has 4 nitrogen and oxygen atoms in total. The molecule has 30 heavy (non-hydrogen) atoms. The summed E-state index contributed by atoms with van der Waals surface area (Å²) in [6.45, 7) is 6.32. The van der Waals surface area contributed by atoms with Crippen molar-refractivity contribution in [2.45, 2.75) is 20.8 Å². The number of aryl methyl sites for hydroxylation is 1. The third-order valence-corrected chi connectivity index (χ3v) is 5.51. The van der Waals surface area contributed by atoms with Crippen LogP contribution in [0.2, 0.25) is 0 Å². The van der Waals surface area contributed by atoms with Crippen molar-refractivity contribution in [1.82, 2.24) is 4.57 Å². The Bertz CT molecular complexity index is 1290. The highest BCUT2D eigenvalue weighted by atomic mass is 16.5. The Morgan fingerprint density at radius 1 is 1.03 bits per heavy atom. The van der Waals surface area contributed by atoms with Crippen LogP contribution < -0.4 is 0 Å². The van der Waals surface area contributed by atoms with Crippen molar-refractivity contribution >= 4 is 16.9 Å². The van der Waals surface area contributed by atoms with Gasteiger partial charge in [-0.15, -0.1) is 0 Å². The molecule has 0 aliphatic heterocycles. The fourth-order valence-corrected chi connectivity index (χ4v) is 3.87. The molecule has 1 aromatic heterocycles. The van der Waals surface area contributed by atoms with Gasteiger partial charge in [-0.25, -0.2) is 4.79 Å². The zero-order valence-corrected chi connectivity index (χ0v) is 17.3. The number of nitrogens with zero attached hydrogens (tertiary/aromatic N) is 2. The third-order valence-electron chi connectivity index (χ3n) is 5.51. The van der Waals surface area contributed by atoms with Gasteiger partial charge in [0.2, 0.25) is 0 Å². The average Bonchev–Trinajstić information content (AvgIpc) is 3.03. The molecule has 4 rings (SSSR count). The van der Waals surface area contributed by atoms with Crippen molar-refractivity contribution in [2.75, 3.05) is 6.61 Å². The largest absolute Gasteiger partial charge is 0.462 e. The minimum absolute atomic E-state index is 0.301. The average molecular weight is 394 g/mol. The van der Waals surface area contributed by atoms with Gasteiger partial charge in [0.15, 0.2) is 0 Å². The molecule has 0 N–H and O–H groups in total. The molecule has 0 aliphatic rings. The highest BCUT2D eigenvalue weighted by molar-refractivity contribution is 5.97. The van der Waals surface area contributed by atoms with Gasteiger partial charge in [-0.3, -0.25) is 0 Å². The molecule has 148 valence electrons. The van der Waals surface area contributed by atoms with E-state index in [2.05, 4.69) is 36.6 Å². The van der Waals surface area contributed by atoms with E-state index in [4.69, 9.17) is 4.74 Å². The Balaban J connectivity index is 1.79. The van der Waals surface area contributed by atoms with Gasteiger partial charge >= 0.3 is 5.97 Å². The molecular formula is C26H22N2O2. The van der Waals surface area contributed by atoms with Crippen LogP contribution in [0, 0.1) is 25.2 Å². The van der Waals surface area contributed by atoms with E-state index in [-0.39, 0.29) is 5.97 Å². The number of hydrogen-bond donors (Lipinski definition) is 0. The zero-order valence-electron chi connectivity index (χ0n) is 17.3. The molecular weight excluding hydrogens is 372 g/mol. The predicted molar refractivity (Wildman–Crippen MR) is 119 cm³/mol. The molecule has 0 spiro atoms. The summed E-state index contributed by atoms with van der Waals surface area (Å²) < 4.78 is 7.34. The van der Waals surface area contributed by atoms with Crippen molar-refractivity contribution < 1.29 is 9.53 Å². The Kier molecular flexibility index (Phi) is 5.12. The Hall–Kier alpha value is -3.84. The van der Waals surface area contributed by atoms with E-state index < -0.39 is 0 Å². The van der Waals surface area contributed by atoms with Crippen LogP contribution in [-0.2, 0) is 4.74 Å². The summed E-state index contributed by atoms with van der Waals surface area (Å²) in [6.07, 6.45) is 0. The Labute approximate surface area is 176 Å². The normalized spacial score (nSPS) is 10.7. The lowest BCUT2D eigenvalue weighted by atomic mass is 10.0. The summed E-state index contributed by atoms with van der Waals surface area (Å²) in [7, 11) is 0. The molecule has 0 aliphatic carbocycles. The topological polar surface area (TPSA) is 55.0 Å². The SMILES string of the molecule is CCOC(=O)c1ccc2c(c1)c(C)c(C)n2-c1ccc(-c2ccccc2C#N)cc1. The van der Waals surface area contributed by atoms with Crippen molar-refractivity contribution in [3.8, 4) is 22.9 Å². The van der Waals surface area contributed by atoms with Crippen LogP contribution in [0.3, 0.4) is 0 Å². The maximum atomic E-state index is 12.1. The van der Waals surface area contributed by atoms with E-state index in [9.17, 15) is 10.1 Å². The Morgan fingerprint density at radius 2 is 1.77 bits per heavy atom. The highest BCUT2D eigenvalue weighted by Crippen LogP contribution is 2.31. The number of nitriles is 1. The molecule has 1 heterocycles. The van der Waals surface area contributed by atoms with E-state index in [0.717, 1.165) is 39.0 Å². The first-order valence-corrected chi connectivity index (χ1v) is 9.94. The molecule has 0 bridgehead atoms. The molecule has 0 radical (unpaired) electrons. The van der Waals surface area contributed by atoms with Gasteiger partial charge in [0.25, 0.3) is 0 Å². The molecule has 0 fully saturated rings. The van der Waals surface area contributed by atoms with Gasteiger partial charge in [-0.2, -0.15) is 5.26 Å². The van der Waals surface area contributed by atoms with Gasteiger partial charge < -0.3 is 9.30 Å². The second-order valence-corrected chi connectivity index (χ2v) is 7.20. The van der Waals surface area contributed by atoms with Crippen LogP contribution in [0.5, 0.6) is 0 Å². The second-order valence-electron chi connectivity index (χ2n) is 7.20. The quantitative estimate of drug-likeness (QED) is 0.401. The van der Waals surface area contributed by atoms with Gasteiger partial charge in [0, 0.05) is 16.8 Å². The van der Waals surface area contributed by atoms with Crippen LogP contribution >= 0.6 is 0 Å². The molecule has 4 heteroatoms. The first-order valence-electron chi connectivity index (χ1n) is 9.94. The minimum atomic E-state index is -0.301. The maximum absolute atomic E-state index is 12.1. The fraction of sp³-hybridized carbons (Fsp3) is 0.154. The number of carbonyl (C=O) groups is 1. The van der Waals surface area contributed by atoms with E-state index in [1.54, 1.807) is 6.92 Å². The number of carbonyl (C=O) groups excluding carboxylic acids is 1. The summed E-state index contributed by atoms with van der Waals surface area (Å²) >= 11 is 0. The lowest BCUT2D eigenvalue weighted by Gasteiger charge is -2.11. The van der Waals surface area contributed by atoms with Crippen LogP contribution in [0.15, 0.2) is 66.7 Å². The number of benzene rings is 3. The third kappa shape index (κ3) is 3.25. The number of hydrogen-bond acceptors (Lipinski definition) is 3. The number of fused-ring (bicyclic) bond motifs is 1. The van der Waals surface area contributed by atoms with Gasteiger partial charge in [0.05, 0.1) is 29.3 Å². The van der Waals surface area contributed by atoms with Gasteiger partial charge in [0.1, 0.15) is 0 Å². The van der Waals surface area contributed by atoms with E-state index in [0.29, 0.717) is 17.7 Å². The number of aromatic nitrogens is 1. The standard InChI is InChI=1S/C26H22N2O2/c1-4-30-26(29)20-11-14-25-24(15-20)17(2)18(3)28(25)22-12-9-19(10-13-22)23-8-6-5-7-21(23)16-27/h5-15H,4H2,1-3H3. The van der Waals surface area contributed by atoms with Crippen LogP contribution in [0.25, 0.3) is 27.7 Å². The number of esters is 1. The Morgan fingerprint density at radius 3 is 2.47 bits per heavy atom. The summed E-state index contributed by atoms with van der Waals surface area (Å²) in [4.78, 5) is 12.1. The van der Waals surface area contributed by atoms with E-state index in [1.807, 2.05) is 54.6 Å². The van der Waals surface area contributed by atoms with E-state index in [1.165, 1.54) is 0 Å². The smallest absolute Gasteiger partial charge is 0.338 e. The maximum Gasteiger partial charge on any atom is 0.338 e. The highest BCUT2D eigenvalue weighted by Gasteiger charge is 2.16. The zero-order chi connectivity index (χ0) is 21.3. The van der Waals surface area contributed by atoms with Crippen LogP contribution in [0.1, 0.15) is 34.1 Å². The molecule has 0 atom stereocenters. The molecule has 0 saturated carbocycles. The van der Waals surface area contributed by atoms with Crippen LogP contribution in [-0.4, -0.2) is 17.1 Å². The lowest BCUT2D eigenvalue weighted by molar-refractivity contribution is 0.0526. The first kappa shape index (κ1) is 19.5. The van der Waals surface area contributed by atoms with Gasteiger partial charge in [-0.05, 0) is 73.9 Å². The summed E-state index contributed by atoms with van der Waals surface area (Å²) in [5.74, 6) is -0.301. The van der Waals surface area contributed by atoms with Crippen molar-refractivity contribution in [1.29, 1.82) is 5.26 Å². The number of rotatable bonds is 4. The monoisotopic (exact) mass is 394 g/mol. The van der Waals surface area contributed by atoms with Gasteiger partial charge in [-0.1, -0.05) is 30.3 Å². The number of ether oxygens (including phenoxy) is 1. The van der Waals surface area contributed by atoms with Crippen molar-refractivity contribution in [3.63, 3.8) is 0 Å². The first-order chi connectivity index (χ1) is 14.5. The van der Waals surface area contributed by atoms with Crippen molar-refractivity contribution in [3.05, 3.63) is 89.1 Å². The van der Waals surface area contributed by atoms with Crippen LogP contribution in [0.4, 0.5) is 0 Å². The second kappa shape index (κ2) is 7.88. The molecule has 3 aromatic carbocycles. The molecule has 0 unspecified atom stereocenters. The summed E-state index contributed by atoms with van der Waals surface area (Å²) in [5, 5.41) is 10.4. The lowest BCUT2D eigenvalue weighted by Crippen LogP contribution is -2.04.